The quantitative estimate of drug-likeness (QED) is 0.871. The monoisotopic (exact) mass is 388 g/mol. The van der Waals surface area contributed by atoms with Crippen LogP contribution in [0.1, 0.15) is 24.1 Å². The highest BCUT2D eigenvalue weighted by Crippen LogP contribution is 2.42. The molecular weight excluding hydrogens is 372 g/mol. The molecule has 0 saturated carbocycles. The molecule has 140 valence electrons. The van der Waals surface area contributed by atoms with Gasteiger partial charge in [0.15, 0.2) is 11.5 Å². The van der Waals surface area contributed by atoms with E-state index in [1.54, 1.807) is 42.3 Å². The molecule has 2 heterocycles. The van der Waals surface area contributed by atoms with Crippen LogP contribution in [0.3, 0.4) is 0 Å². The van der Waals surface area contributed by atoms with Gasteiger partial charge in [0.05, 0.1) is 19.3 Å². The van der Waals surface area contributed by atoms with Crippen molar-refractivity contribution in [2.24, 2.45) is 0 Å². The lowest BCUT2D eigenvalue weighted by Crippen LogP contribution is -2.36. The van der Waals surface area contributed by atoms with Crippen LogP contribution in [-0.2, 0) is 16.1 Å². The number of nitrogens with one attached hydrogen (secondary N) is 1. The molecule has 2 aromatic rings. The van der Waals surface area contributed by atoms with Crippen molar-refractivity contribution in [2.45, 2.75) is 19.5 Å². The number of fused-ring (bicyclic) bond motifs is 2. The first-order chi connectivity index (χ1) is 13.0. The summed E-state index contributed by atoms with van der Waals surface area (Å²) in [5.41, 5.74) is 2.11. The van der Waals surface area contributed by atoms with Crippen molar-refractivity contribution in [1.82, 2.24) is 5.32 Å². The molecule has 1 atom stereocenters. The molecule has 2 amide bonds. The number of amides is 2. The molecule has 0 fully saturated rings. The molecule has 2 aliphatic rings. The Morgan fingerprint density at radius 3 is 2.74 bits per heavy atom. The third kappa shape index (κ3) is 3.04. The van der Waals surface area contributed by atoms with E-state index in [1.807, 2.05) is 0 Å². The number of carbonyl (C=O) groups excluding carboxylic acids is 2. The van der Waals surface area contributed by atoms with Gasteiger partial charge in [-0.05, 0) is 29.8 Å². The fourth-order valence-corrected chi connectivity index (χ4v) is 3.51. The standard InChI is InChI=1S/C19H17ClN2O5/c1-10(23)21-18-13-6-12(25-2)3-4-15(13)22(19(18)24)8-11-5-16-17(7-14(11)20)27-9-26-16/h3-7,18H,8-9H2,1-2H3,(H,21,23)/t18-/m1/s1. The average molecular weight is 389 g/mol. The highest BCUT2D eigenvalue weighted by atomic mass is 35.5. The zero-order chi connectivity index (χ0) is 19.1. The number of benzene rings is 2. The van der Waals surface area contributed by atoms with Crippen molar-refractivity contribution in [3.05, 3.63) is 46.5 Å². The van der Waals surface area contributed by atoms with Crippen LogP contribution in [-0.4, -0.2) is 25.7 Å². The van der Waals surface area contributed by atoms with E-state index in [0.717, 1.165) is 5.56 Å². The van der Waals surface area contributed by atoms with Gasteiger partial charge in [0.2, 0.25) is 12.7 Å². The Hall–Kier alpha value is -2.93. The maximum Gasteiger partial charge on any atom is 0.254 e. The lowest BCUT2D eigenvalue weighted by atomic mass is 10.1. The summed E-state index contributed by atoms with van der Waals surface area (Å²) in [4.78, 5) is 26.2. The van der Waals surface area contributed by atoms with E-state index in [1.165, 1.54) is 6.92 Å². The fraction of sp³-hybridized carbons (Fsp3) is 0.263. The Labute approximate surface area is 160 Å². The molecule has 4 rings (SSSR count). The first kappa shape index (κ1) is 17.5. The minimum absolute atomic E-state index is 0.144. The van der Waals surface area contributed by atoms with Gasteiger partial charge in [-0.1, -0.05) is 11.6 Å². The summed E-state index contributed by atoms with van der Waals surface area (Å²) < 4.78 is 16.0. The van der Waals surface area contributed by atoms with Gasteiger partial charge < -0.3 is 24.4 Å². The van der Waals surface area contributed by atoms with Gasteiger partial charge >= 0.3 is 0 Å². The molecule has 2 aromatic carbocycles. The molecule has 0 spiro atoms. The third-order valence-corrected chi connectivity index (χ3v) is 4.92. The number of rotatable bonds is 4. The number of hydrogen-bond donors (Lipinski definition) is 1. The van der Waals surface area contributed by atoms with Crippen molar-refractivity contribution in [3.63, 3.8) is 0 Å². The first-order valence-corrected chi connectivity index (χ1v) is 8.70. The SMILES string of the molecule is COc1ccc2c(c1)[C@@H](NC(C)=O)C(=O)N2Cc1cc2c(cc1Cl)OCO2. The Bertz CT molecular complexity index is 946. The molecule has 0 aromatic heterocycles. The van der Waals surface area contributed by atoms with E-state index >= 15 is 0 Å². The number of nitrogens with zero attached hydrogens (tertiary/aromatic N) is 1. The summed E-state index contributed by atoms with van der Waals surface area (Å²) in [7, 11) is 1.55. The molecule has 0 aliphatic carbocycles. The summed E-state index contributed by atoms with van der Waals surface area (Å²) >= 11 is 6.37. The smallest absolute Gasteiger partial charge is 0.254 e. The fourth-order valence-electron chi connectivity index (χ4n) is 3.30. The van der Waals surface area contributed by atoms with E-state index in [2.05, 4.69) is 5.32 Å². The second-order valence-electron chi connectivity index (χ2n) is 6.28. The van der Waals surface area contributed by atoms with Crippen molar-refractivity contribution < 1.29 is 23.8 Å². The predicted octanol–water partition coefficient (Wildman–Crippen LogP) is 2.80. The van der Waals surface area contributed by atoms with Gasteiger partial charge in [-0.3, -0.25) is 9.59 Å². The molecule has 0 unspecified atom stereocenters. The molecule has 0 radical (unpaired) electrons. The Morgan fingerprint density at radius 2 is 2.04 bits per heavy atom. The topological polar surface area (TPSA) is 77.1 Å². The minimum atomic E-state index is -0.764. The predicted molar refractivity (Wildman–Crippen MR) is 98.3 cm³/mol. The number of methoxy groups -OCH3 is 1. The number of hydrogen-bond acceptors (Lipinski definition) is 5. The molecule has 8 heteroatoms. The van der Waals surface area contributed by atoms with Crippen LogP contribution in [0.2, 0.25) is 5.02 Å². The van der Waals surface area contributed by atoms with Crippen LogP contribution in [0.15, 0.2) is 30.3 Å². The van der Waals surface area contributed by atoms with E-state index in [0.29, 0.717) is 33.5 Å². The molecule has 7 nitrogen and oxygen atoms in total. The van der Waals surface area contributed by atoms with Crippen LogP contribution in [0.25, 0.3) is 0 Å². The highest BCUT2D eigenvalue weighted by molar-refractivity contribution is 6.31. The zero-order valence-corrected chi connectivity index (χ0v) is 15.5. The maximum atomic E-state index is 13.0. The Balaban J connectivity index is 1.71. The Kier molecular flexibility index (Phi) is 4.31. The second-order valence-corrected chi connectivity index (χ2v) is 6.69. The molecular formula is C19H17ClN2O5. The van der Waals surface area contributed by atoms with Crippen LogP contribution < -0.4 is 24.4 Å². The van der Waals surface area contributed by atoms with E-state index in [9.17, 15) is 9.59 Å². The van der Waals surface area contributed by atoms with Crippen LogP contribution in [0.5, 0.6) is 17.2 Å². The average Bonchev–Trinajstić information content (AvgIpc) is 3.19. The van der Waals surface area contributed by atoms with Crippen LogP contribution in [0.4, 0.5) is 5.69 Å². The first-order valence-electron chi connectivity index (χ1n) is 8.32. The van der Waals surface area contributed by atoms with Gasteiger partial charge in [0.1, 0.15) is 11.8 Å². The Morgan fingerprint density at radius 1 is 1.30 bits per heavy atom. The number of carbonyl (C=O) groups is 2. The number of halogens is 1. The lowest BCUT2D eigenvalue weighted by molar-refractivity contribution is -0.126. The van der Waals surface area contributed by atoms with E-state index in [4.69, 9.17) is 25.8 Å². The van der Waals surface area contributed by atoms with Crippen LogP contribution in [0, 0.1) is 0 Å². The van der Waals surface area contributed by atoms with E-state index in [-0.39, 0.29) is 25.2 Å². The lowest BCUT2D eigenvalue weighted by Gasteiger charge is -2.19. The van der Waals surface area contributed by atoms with Gasteiger partial charge in [0.25, 0.3) is 5.91 Å². The summed E-state index contributed by atoms with van der Waals surface area (Å²) in [6.45, 7) is 1.76. The third-order valence-electron chi connectivity index (χ3n) is 4.57. The zero-order valence-electron chi connectivity index (χ0n) is 14.7. The second kappa shape index (κ2) is 6.66. The molecule has 2 aliphatic heterocycles. The molecule has 0 bridgehead atoms. The van der Waals surface area contributed by atoms with Crippen molar-refractivity contribution in [3.8, 4) is 17.2 Å². The normalized spacial score (nSPS) is 17.1. The van der Waals surface area contributed by atoms with Crippen LogP contribution >= 0.6 is 11.6 Å². The summed E-state index contributed by atoms with van der Waals surface area (Å²) in [5.74, 6) is 1.26. The molecule has 27 heavy (non-hydrogen) atoms. The van der Waals surface area contributed by atoms with Gasteiger partial charge in [0, 0.05) is 23.6 Å². The number of ether oxygens (including phenoxy) is 3. The van der Waals surface area contributed by atoms with Gasteiger partial charge in [-0.2, -0.15) is 0 Å². The molecule has 1 N–H and O–H groups in total. The van der Waals surface area contributed by atoms with Crippen molar-refractivity contribution >= 4 is 29.1 Å². The molecule has 0 saturated heterocycles. The van der Waals surface area contributed by atoms with E-state index < -0.39 is 6.04 Å². The van der Waals surface area contributed by atoms with Gasteiger partial charge in [-0.25, -0.2) is 0 Å². The van der Waals surface area contributed by atoms with Gasteiger partial charge in [-0.15, -0.1) is 0 Å². The largest absolute Gasteiger partial charge is 0.497 e. The number of anilines is 1. The van der Waals surface area contributed by atoms with Crippen molar-refractivity contribution in [2.75, 3.05) is 18.8 Å². The maximum absolute atomic E-state index is 13.0. The summed E-state index contributed by atoms with van der Waals surface area (Å²) in [6.07, 6.45) is 0. The van der Waals surface area contributed by atoms with Crippen molar-refractivity contribution in [1.29, 1.82) is 0 Å². The summed E-state index contributed by atoms with van der Waals surface area (Å²) in [6, 6.07) is 8.02. The summed E-state index contributed by atoms with van der Waals surface area (Å²) in [5, 5.41) is 3.18. The highest BCUT2D eigenvalue weighted by Gasteiger charge is 2.38. The minimum Gasteiger partial charge on any atom is -0.497 e.